The summed E-state index contributed by atoms with van der Waals surface area (Å²) in [4.78, 5) is 3.40. The summed E-state index contributed by atoms with van der Waals surface area (Å²) < 4.78 is 25.7. The van der Waals surface area contributed by atoms with Crippen molar-refractivity contribution in [3.05, 3.63) is 29.6 Å². The van der Waals surface area contributed by atoms with Gasteiger partial charge in [0.05, 0.1) is 12.4 Å². The maximum atomic E-state index is 12.8. The lowest BCUT2D eigenvalue weighted by Crippen LogP contribution is -1.93. The number of hydrogen-bond acceptors (Lipinski definition) is 1. The van der Waals surface area contributed by atoms with E-state index in [9.17, 15) is 8.78 Å². The van der Waals surface area contributed by atoms with Crippen molar-refractivity contribution in [2.24, 2.45) is 0 Å². The van der Waals surface area contributed by atoms with Gasteiger partial charge in [-0.05, 0) is 18.8 Å². The maximum absolute atomic E-state index is 12.8. The van der Waals surface area contributed by atoms with Crippen molar-refractivity contribution in [3.63, 3.8) is 0 Å². The Kier molecular flexibility index (Phi) is 1.37. The summed E-state index contributed by atoms with van der Waals surface area (Å²) in [6, 6.07) is 0. The van der Waals surface area contributed by atoms with Gasteiger partial charge in [0.2, 0.25) is 0 Å². The second kappa shape index (κ2) is 2.26. The third-order valence-corrected chi connectivity index (χ3v) is 1.88. The predicted octanol–water partition coefficient (Wildman–Crippen LogP) is 2.24. The summed E-state index contributed by atoms with van der Waals surface area (Å²) in [5.41, 5.74) is 0.222. The van der Waals surface area contributed by atoms with E-state index in [2.05, 4.69) is 4.98 Å². The highest BCUT2D eigenvalue weighted by Crippen LogP contribution is 2.41. The van der Waals surface area contributed by atoms with Crippen molar-refractivity contribution in [2.45, 2.75) is 18.8 Å². The molecule has 0 amide bonds. The van der Waals surface area contributed by atoms with E-state index in [-0.39, 0.29) is 11.5 Å². The Morgan fingerprint density at radius 3 is 2.18 bits per heavy atom. The largest absolute Gasteiger partial charge is 0.259 e. The average molecular weight is 155 g/mol. The summed E-state index contributed by atoms with van der Waals surface area (Å²) in [7, 11) is 0. The highest BCUT2D eigenvalue weighted by atomic mass is 19.1. The zero-order valence-corrected chi connectivity index (χ0v) is 5.85. The first-order valence-corrected chi connectivity index (χ1v) is 3.58. The van der Waals surface area contributed by atoms with Gasteiger partial charge in [0.1, 0.15) is 11.6 Å². The molecule has 1 aliphatic carbocycles. The molecule has 1 saturated carbocycles. The van der Waals surface area contributed by atoms with Crippen molar-refractivity contribution in [3.8, 4) is 0 Å². The molecule has 0 unspecified atom stereocenters. The minimum absolute atomic E-state index is 0.109. The molecule has 0 aliphatic heterocycles. The van der Waals surface area contributed by atoms with E-state index in [1.807, 2.05) is 0 Å². The van der Waals surface area contributed by atoms with Gasteiger partial charge in [-0.3, -0.25) is 4.98 Å². The first-order chi connectivity index (χ1) is 5.29. The van der Waals surface area contributed by atoms with Crippen molar-refractivity contribution in [1.29, 1.82) is 0 Å². The molecule has 0 N–H and O–H groups in total. The zero-order chi connectivity index (χ0) is 7.84. The summed E-state index contributed by atoms with van der Waals surface area (Å²) >= 11 is 0. The molecule has 0 saturated heterocycles. The average Bonchev–Trinajstić information content (AvgIpc) is 2.70. The van der Waals surface area contributed by atoms with Crippen LogP contribution in [-0.4, -0.2) is 4.98 Å². The van der Waals surface area contributed by atoms with E-state index in [0.717, 1.165) is 25.2 Å². The van der Waals surface area contributed by atoms with Gasteiger partial charge in [-0.2, -0.15) is 0 Å². The third-order valence-electron chi connectivity index (χ3n) is 1.88. The van der Waals surface area contributed by atoms with Gasteiger partial charge in [-0.1, -0.05) is 0 Å². The predicted molar refractivity (Wildman–Crippen MR) is 36.1 cm³/mol. The molecule has 58 valence electrons. The topological polar surface area (TPSA) is 12.9 Å². The maximum Gasteiger partial charge on any atom is 0.147 e. The Bertz CT molecular complexity index is 261. The molecule has 0 bridgehead atoms. The molecule has 1 heterocycles. The summed E-state index contributed by atoms with van der Waals surface area (Å²) in [5.74, 6) is -0.905. The van der Waals surface area contributed by atoms with Gasteiger partial charge in [-0.15, -0.1) is 0 Å². The minimum Gasteiger partial charge on any atom is -0.259 e. The molecule has 11 heavy (non-hydrogen) atoms. The van der Waals surface area contributed by atoms with Crippen LogP contribution in [0.1, 0.15) is 24.3 Å². The normalized spacial score (nSPS) is 16.9. The molecule has 1 aliphatic rings. The van der Waals surface area contributed by atoms with E-state index in [4.69, 9.17) is 0 Å². The van der Waals surface area contributed by atoms with Crippen LogP contribution in [0.3, 0.4) is 0 Å². The van der Waals surface area contributed by atoms with E-state index < -0.39 is 11.6 Å². The van der Waals surface area contributed by atoms with Gasteiger partial charge >= 0.3 is 0 Å². The fraction of sp³-hybridized carbons (Fsp3) is 0.375. The molecule has 1 nitrogen and oxygen atoms in total. The van der Waals surface area contributed by atoms with Gasteiger partial charge < -0.3 is 0 Å². The van der Waals surface area contributed by atoms with Crippen LogP contribution < -0.4 is 0 Å². The Labute approximate surface area is 63.1 Å². The highest BCUT2D eigenvalue weighted by molar-refractivity contribution is 5.24. The number of pyridine rings is 1. The van der Waals surface area contributed by atoms with Crippen LogP contribution in [0.15, 0.2) is 12.4 Å². The van der Waals surface area contributed by atoms with E-state index in [0.29, 0.717) is 0 Å². The molecule has 0 atom stereocenters. The molecular formula is C8H7F2N. The van der Waals surface area contributed by atoms with Crippen LogP contribution in [0.25, 0.3) is 0 Å². The van der Waals surface area contributed by atoms with Crippen molar-refractivity contribution in [1.82, 2.24) is 4.98 Å². The number of aromatic nitrogens is 1. The molecule has 1 aromatic rings. The Morgan fingerprint density at radius 2 is 1.73 bits per heavy atom. The van der Waals surface area contributed by atoms with Crippen molar-refractivity contribution < 1.29 is 8.78 Å². The fourth-order valence-corrected chi connectivity index (χ4v) is 1.18. The standard InChI is InChI=1S/C8H7F2N/c9-6-3-11-4-7(10)8(6)5-1-2-5/h3-5H,1-2H2. The SMILES string of the molecule is Fc1cncc(F)c1C1CC1. The lowest BCUT2D eigenvalue weighted by molar-refractivity contribution is 0.547. The van der Waals surface area contributed by atoms with E-state index in [1.165, 1.54) is 0 Å². The van der Waals surface area contributed by atoms with Crippen LogP contribution in [-0.2, 0) is 0 Å². The Morgan fingerprint density at radius 1 is 1.18 bits per heavy atom. The number of halogens is 2. The van der Waals surface area contributed by atoms with E-state index >= 15 is 0 Å². The van der Waals surface area contributed by atoms with Gasteiger partial charge in [0.15, 0.2) is 0 Å². The summed E-state index contributed by atoms with van der Waals surface area (Å²) in [6.45, 7) is 0. The molecule has 0 aromatic carbocycles. The lowest BCUT2D eigenvalue weighted by atomic mass is 10.1. The van der Waals surface area contributed by atoms with Gasteiger partial charge in [0, 0.05) is 5.56 Å². The number of rotatable bonds is 1. The van der Waals surface area contributed by atoms with Crippen LogP contribution in [0.5, 0.6) is 0 Å². The lowest BCUT2D eigenvalue weighted by Gasteiger charge is -1.99. The van der Waals surface area contributed by atoms with Crippen molar-refractivity contribution >= 4 is 0 Å². The second-order valence-corrected chi connectivity index (χ2v) is 2.79. The smallest absolute Gasteiger partial charge is 0.147 e. The Hall–Kier alpha value is -0.990. The van der Waals surface area contributed by atoms with Crippen LogP contribution in [0.2, 0.25) is 0 Å². The number of hydrogen-bond donors (Lipinski definition) is 0. The highest BCUT2D eigenvalue weighted by Gasteiger charge is 2.29. The second-order valence-electron chi connectivity index (χ2n) is 2.79. The molecule has 0 spiro atoms. The summed E-state index contributed by atoms with van der Waals surface area (Å²) in [5, 5.41) is 0. The molecular weight excluding hydrogens is 148 g/mol. The molecule has 2 rings (SSSR count). The Balaban J connectivity index is 2.48. The van der Waals surface area contributed by atoms with E-state index in [1.54, 1.807) is 0 Å². The van der Waals surface area contributed by atoms with Gasteiger partial charge in [0.25, 0.3) is 0 Å². The molecule has 1 fully saturated rings. The molecule has 0 radical (unpaired) electrons. The molecule has 1 aromatic heterocycles. The van der Waals surface area contributed by atoms with Crippen molar-refractivity contribution in [2.75, 3.05) is 0 Å². The van der Waals surface area contributed by atoms with Gasteiger partial charge in [-0.25, -0.2) is 8.78 Å². The minimum atomic E-state index is -0.507. The fourth-order valence-electron chi connectivity index (χ4n) is 1.18. The monoisotopic (exact) mass is 155 g/mol. The van der Waals surface area contributed by atoms with Crippen LogP contribution >= 0.6 is 0 Å². The quantitative estimate of drug-likeness (QED) is 0.606. The zero-order valence-electron chi connectivity index (χ0n) is 5.85. The first kappa shape index (κ1) is 6.70. The van der Waals surface area contributed by atoms with Crippen LogP contribution in [0.4, 0.5) is 8.78 Å². The number of nitrogens with zero attached hydrogens (tertiary/aromatic N) is 1. The molecule has 3 heteroatoms. The summed E-state index contributed by atoms with van der Waals surface area (Å²) in [6.07, 6.45) is 3.93. The third kappa shape index (κ3) is 1.11. The van der Waals surface area contributed by atoms with Crippen LogP contribution in [0, 0.1) is 11.6 Å². The first-order valence-electron chi connectivity index (χ1n) is 3.58.